The molecular formula is C11H22IN3O. The van der Waals surface area contributed by atoms with Gasteiger partial charge in [-0.2, -0.15) is 0 Å². The van der Waals surface area contributed by atoms with Crippen LogP contribution in [0.4, 0.5) is 0 Å². The second-order valence-corrected chi connectivity index (χ2v) is 4.49. The average Bonchev–Trinajstić information content (AvgIpc) is 2.29. The van der Waals surface area contributed by atoms with Crippen molar-refractivity contribution in [1.82, 2.24) is 10.6 Å². The normalized spacial score (nSPS) is 29.7. The molecule has 2 rings (SSSR count). The van der Waals surface area contributed by atoms with Gasteiger partial charge in [0.2, 0.25) is 0 Å². The number of aliphatic imine (C=N–C) groups is 1. The van der Waals surface area contributed by atoms with Crippen LogP contribution in [0.3, 0.4) is 0 Å². The number of hydrogen-bond acceptors (Lipinski definition) is 4. The molecule has 0 aromatic heterocycles. The number of rotatable bonds is 2. The molecule has 0 amide bonds. The topological polar surface area (TPSA) is 45.6 Å². The number of guanidine groups is 1. The van der Waals surface area contributed by atoms with Gasteiger partial charge in [-0.1, -0.05) is 6.92 Å². The van der Waals surface area contributed by atoms with E-state index >= 15 is 0 Å². The fraction of sp³-hybridized carbons (Fsp3) is 0.909. The van der Waals surface area contributed by atoms with Crippen molar-refractivity contribution in [3.8, 4) is 0 Å². The van der Waals surface area contributed by atoms with Crippen LogP contribution in [0.25, 0.3) is 0 Å². The number of hydrogen-bond donors (Lipinski definition) is 2. The molecule has 2 aliphatic heterocycles. The van der Waals surface area contributed by atoms with E-state index in [4.69, 9.17) is 4.74 Å². The zero-order valence-corrected chi connectivity index (χ0v) is 12.2. The Labute approximate surface area is 115 Å². The van der Waals surface area contributed by atoms with E-state index in [0.717, 1.165) is 51.1 Å². The van der Waals surface area contributed by atoms with Crippen molar-refractivity contribution >= 4 is 29.9 Å². The highest BCUT2D eigenvalue weighted by molar-refractivity contribution is 14.0. The number of nitrogens with one attached hydrogen (secondary N) is 2. The monoisotopic (exact) mass is 339 g/mol. The highest BCUT2D eigenvalue weighted by Crippen LogP contribution is 2.20. The molecule has 2 atom stereocenters. The number of nitrogens with zero attached hydrogens (tertiary/aromatic N) is 1. The highest BCUT2D eigenvalue weighted by Gasteiger charge is 2.21. The minimum Gasteiger partial charge on any atom is -0.381 e. The van der Waals surface area contributed by atoms with E-state index in [0.29, 0.717) is 5.92 Å². The molecule has 0 saturated carbocycles. The van der Waals surface area contributed by atoms with E-state index < -0.39 is 0 Å². The first-order valence-corrected chi connectivity index (χ1v) is 5.96. The second kappa shape index (κ2) is 7.32. The van der Waals surface area contributed by atoms with Crippen LogP contribution >= 0.6 is 24.0 Å². The van der Waals surface area contributed by atoms with Gasteiger partial charge in [-0.15, -0.1) is 24.0 Å². The summed E-state index contributed by atoms with van der Waals surface area (Å²) in [5, 5.41) is 6.69. The van der Waals surface area contributed by atoms with Crippen molar-refractivity contribution in [3.63, 3.8) is 0 Å². The molecular weight excluding hydrogens is 317 g/mol. The zero-order chi connectivity index (χ0) is 10.5. The van der Waals surface area contributed by atoms with Crippen molar-refractivity contribution in [2.45, 2.75) is 19.8 Å². The summed E-state index contributed by atoms with van der Waals surface area (Å²) in [4.78, 5) is 4.40. The van der Waals surface area contributed by atoms with E-state index in [1.807, 2.05) is 0 Å². The molecule has 0 aromatic carbocycles. The van der Waals surface area contributed by atoms with E-state index in [-0.39, 0.29) is 24.0 Å². The number of halogens is 1. The molecule has 4 nitrogen and oxygen atoms in total. The second-order valence-electron chi connectivity index (χ2n) is 4.49. The van der Waals surface area contributed by atoms with Crippen molar-refractivity contribution in [2.75, 3.05) is 32.8 Å². The van der Waals surface area contributed by atoms with Crippen molar-refractivity contribution in [1.29, 1.82) is 0 Å². The van der Waals surface area contributed by atoms with Crippen LogP contribution in [0.15, 0.2) is 4.99 Å². The Bertz CT molecular complexity index is 235. The van der Waals surface area contributed by atoms with E-state index in [1.165, 1.54) is 6.42 Å². The first-order valence-electron chi connectivity index (χ1n) is 5.96. The minimum atomic E-state index is 0. The van der Waals surface area contributed by atoms with E-state index in [9.17, 15) is 0 Å². The molecule has 0 radical (unpaired) electrons. The zero-order valence-electron chi connectivity index (χ0n) is 9.87. The van der Waals surface area contributed by atoms with Gasteiger partial charge in [0, 0.05) is 32.8 Å². The third kappa shape index (κ3) is 4.08. The van der Waals surface area contributed by atoms with Gasteiger partial charge in [-0.25, -0.2) is 0 Å². The lowest BCUT2D eigenvalue weighted by Gasteiger charge is -2.29. The average molecular weight is 339 g/mol. The number of ether oxygens (including phenoxy) is 1. The molecule has 1 fully saturated rings. The van der Waals surface area contributed by atoms with E-state index in [2.05, 4.69) is 22.5 Å². The first kappa shape index (κ1) is 14.0. The SMILES string of the molecule is CC1COCCC1CNC1=NCCCN1.I. The van der Waals surface area contributed by atoms with Crippen LogP contribution in [0.1, 0.15) is 19.8 Å². The summed E-state index contributed by atoms with van der Waals surface area (Å²) < 4.78 is 5.43. The maximum absolute atomic E-state index is 5.43. The van der Waals surface area contributed by atoms with Crippen LogP contribution in [0.5, 0.6) is 0 Å². The van der Waals surface area contributed by atoms with Crippen LogP contribution < -0.4 is 10.6 Å². The third-order valence-corrected chi connectivity index (χ3v) is 3.25. The van der Waals surface area contributed by atoms with Gasteiger partial charge in [0.25, 0.3) is 0 Å². The molecule has 94 valence electrons. The van der Waals surface area contributed by atoms with Gasteiger partial charge in [0.15, 0.2) is 5.96 Å². The Morgan fingerprint density at radius 3 is 3.12 bits per heavy atom. The van der Waals surface area contributed by atoms with Crippen LogP contribution in [-0.2, 0) is 4.74 Å². The lowest BCUT2D eigenvalue weighted by molar-refractivity contribution is 0.0258. The van der Waals surface area contributed by atoms with Gasteiger partial charge in [-0.3, -0.25) is 4.99 Å². The van der Waals surface area contributed by atoms with Gasteiger partial charge < -0.3 is 15.4 Å². The molecule has 5 heteroatoms. The lowest BCUT2D eigenvalue weighted by atomic mass is 9.90. The van der Waals surface area contributed by atoms with Crippen molar-refractivity contribution in [2.24, 2.45) is 16.8 Å². The molecule has 0 aliphatic carbocycles. The molecule has 2 unspecified atom stereocenters. The minimum absolute atomic E-state index is 0. The van der Waals surface area contributed by atoms with Gasteiger partial charge in [0.1, 0.15) is 0 Å². The quantitative estimate of drug-likeness (QED) is 0.744. The smallest absolute Gasteiger partial charge is 0.191 e. The maximum Gasteiger partial charge on any atom is 0.191 e. The summed E-state index contributed by atoms with van der Waals surface area (Å²) in [5.41, 5.74) is 0. The molecule has 1 saturated heterocycles. The highest BCUT2D eigenvalue weighted by atomic mass is 127. The Balaban J connectivity index is 0.00000128. The van der Waals surface area contributed by atoms with Crippen LogP contribution in [0, 0.1) is 11.8 Å². The largest absolute Gasteiger partial charge is 0.381 e. The Morgan fingerprint density at radius 2 is 2.44 bits per heavy atom. The fourth-order valence-electron chi connectivity index (χ4n) is 2.11. The van der Waals surface area contributed by atoms with E-state index in [1.54, 1.807) is 0 Å². The van der Waals surface area contributed by atoms with Crippen LogP contribution in [-0.4, -0.2) is 38.8 Å². The predicted octanol–water partition coefficient (Wildman–Crippen LogP) is 1.22. The van der Waals surface area contributed by atoms with Crippen molar-refractivity contribution < 1.29 is 4.74 Å². The molecule has 0 aromatic rings. The summed E-state index contributed by atoms with van der Waals surface area (Å²) >= 11 is 0. The molecule has 0 bridgehead atoms. The van der Waals surface area contributed by atoms with Gasteiger partial charge >= 0.3 is 0 Å². The lowest BCUT2D eigenvalue weighted by Crippen LogP contribution is -2.44. The predicted molar refractivity (Wildman–Crippen MR) is 76.4 cm³/mol. The molecule has 2 heterocycles. The summed E-state index contributed by atoms with van der Waals surface area (Å²) in [7, 11) is 0. The van der Waals surface area contributed by atoms with Gasteiger partial charge in [-0.05, 0) is 24.7 Å². The third-order valence-electron chi connectivity index (χ3n) is 3.25. The van der Waals surface area contributed by atoms with Crippen LogP contribution in [0.2, 0.25) is 0 Å². The standard InChI is InChI=1S/C11H21N3O.HI/c1-9-8-15-6-3-10(9)7-14-11-12-4-2-5-13-11;/h9-10H,2-8H2,1H3,(H2,12,13,14);1H. The summed E-state index contributed by atoms with van der Waals surface area (Å²) in [6.07, 6.45) is 2.32. The fourth-order valence-corrected chi connectivity index (χ4v) is 2.11. The summed E-state index contributed by atoms with van der Waals surface area (Å²) in [6, 6.07) is 0. The Kier molecular flexibility index (Phi) is 6.41. The Morgan fingerprint density at radius 1 is 1.56 bits per heavy atom. The summed E-state index contributed by atoms with van der Waals surface area (Å²) in [5.74, 6) is 2.38. The summed E-state index contributed by atoms with van der Waals surface area (Å²) in [6.45, 7) is 7.12. The molecule has 0 spiro atoms. The molecule has 2 N–H and O–H groups in total. The first-order chi connectivity index (χ1) is 7.36. The Hall–Kier alpha value is -0.0400. The molecule has 2 aliphatic rings. The van der Waals surface area contributed by atoms with Crippen molar-refractivity contribution in [3.05, 3.63) is 0 Å². The van der Waals surface area contributed by atoms with Gasteiger partial charge in [0.05, 0.1) is 0 Å². The maximum atomic E-state index is 5.43. The molecule has 16 heavy (non-hydrogen) atoms.